The van der Waals surface area contributed by atoms with Crippen molar-refractivity contribution in [3.05, 3.63) is 47.7 Å². The molecule has 26 heavy (non-hydrogen) atoms. The minimum Gasteiger partial charge on any atom is -0.339 e. The molecule has 0 unspecified atom stereocenters. The number of carbonyl (C=O) groups excluding carboxylic acids is 1. The van der Waals surface area contributed by atoms with Crippen LogP contribution in [0, 0.1) is 0 Å². The maximum atomic E-state index is 12.6. The van der Waals surface area contributed by atoms with E-state index in [4.69, 9.17) is 0 Å². The average Bonchev–Trinajstić information content (AvgIpc) is 2.61. The Labute approximate surface area is 150 Å². The molecule has 0 atom stereocenters. The second-order valence-corrected chi connectivity index (χ2v) is 5.80. The molecule has 0 fully saturated rings. The van der Waals surface area contributed by atoms with Crippen molar-refractivity contribution < 1.29 is 18.0 Å². The van der Waals surface area contributed by atoms with Crippen molar-refractivity contribution in [1.82, 2.24) is 15.1 Å². The lowest BCUT2D eigenvalue weighted by atomic mass is 10.2. The first-order valence-electron chi connectivity index (χ1n) is 8.42. The number of nitrogens with one attached hydrogen (secondary N) is 1. The van der Waals surface area contributed by atoms with Gasteiger partial charge in [-0.25, -0.2) is 0 Å². The van der Waals surface area contributed by atoms with Gasteiger partial charge in [0.2, 0.25) is 0 Å². The number of nitrogens with zero attached hydrogens (tertiary/aromatic N) is 3. The van der Waals surface area contributed by atoms with Gasteiger partial charge in [0.05, 0.1) is 5.56 Å². The highest BCUT2D eigenvalue weighted by molar-refractivity contribution is 5.92. The third-order valence-electron chi connectivity index (χ3n) is 3.64. The third kappa shape index (κ3) is 5.18. The first kappa shape index (κ1) is 19.7. The number of halogens is 3. The van der Waals surface area contributed by atoms with Crippen LogP contribution in [0.15, 0.2) is 36.4 Å². The molecule has 0 aliphatic carbocycles. The number of alkyl halides is 3. The number of aromatic nitrogens is 2. The van der Waals surface area contributed by atoms with Crippen molar-refractivity contribution in [2.24, 2.45) is 0 Å². The molecule has 2 aromatic rings. The van der Waals surface area contributed by atoms with E-state index in [9.17, 15) is 18.0 Å². The number of hydrogen-bond donors (Lipinski definition) is 1. The van der Waals surface area contributed by atoms with Crippen molar-refractivity contribution in [2.45, 2.75) is 32.9 Å². The zero-order chi connectivity index (χ0) is 19.2. The van der Waals surface area contributed by atoms with Gasteiger partial charge in [0.15, 0.2) is 11.5 Å². The molecule has 140 valence electrons. The largest absolute Gasteiger partial charge is 0.416 e. The predicted molar refractivity (Wildman–Crippen MR) is 93.2 cm³/mol. The highest BCUT2D eigenvalue weighted by Gasteiger charge is 2.29. The lowest BCUT2D eigenvalue weighted by molar-refractivity contribution is -0.137. The Bertz CT molecular complexity index is 709. The SMILES string of the molecule is CCCN(CCC)C(=O)c1ccc(Nc2ccc(C(F)(F)F)cc2)nn1. The topological polar surface area (TPSA) is 58.1 Å². The molecule has 5 nitrogen and oxygen atoms in total. The Hall–Kier alpha value is -2.64. The van der Waals surface area contributed by atoms with Gasteiger partial charge in [-0.2, -0.15) is 13.2 Å². The van der Waals surface area contributed by atoms with E-state index < -0.39 is 11.7 Å². The normalized spacial score (nSPS) is 11.3. The predicted octanol–water partition coefficient (Wildman–Crippen LogP) is 4.50. The van der Waals surface area contributed by atoms with E-state index in [0.717, 1.165) is 25.0 Å². The first-order valence-corrected chi connectivity index (χ1v) is 8.42. The molecule has 0 spiro atoms. The smallest absolute Gasteiger partial charge is 0.339 e. The summed E-state index contributed by atoms with van der Waals surface area (Å²) in [5, 5.41) is 10.7. The number of rotatable bonds is 7. The van der Waals surface area contributed by atoms with Gasteiger partial charge in [-0.15, -0.1) is 10.2 Å². The van der Waals surface area contributed by atoms with Gasteiger partial charge < -0.3 is 10.2 Å². The van der Waals surface area contributed by atoms with Crippen LogP contribution in [0.3, 0.4) is 0 Å². The lowest BCUT2D eigenvalue weighted by Gasteiger charge is -2.20. The Morgan fingerprint density at radius 3 is 2.08 bits per heavy atom. The van der Waals surface area contributed by atoms with Gasteiger partial charge in [-0.05, 0) is 49.2 Å². The fraction of sp³-hybridized carbons (Fsp3) is 0.389. The molecule has 0 bridgehead atoms. The van der Waals surface area contributed by atoms with Gasteiger partial charge in [-0.3, -0.25) is 4.79 Å². The molecule has 1 aromatic heterocycles. The summed E-state index contributed by atoms with van der Waals surface area (Å²) in [5.74, 6) is 0.168. The minimum atomic E-state index is -4.37. The molecule has 0 saturated carbocycles. The minimum absolute atomic E-state index is 0.178. The summed E-state index contributed by atoms with van der Waals surface area (Å²) in [4.78, 5) is 14.2. The first-order chi connectivity index (χ1) is 12.3. The van der Waals surface area contributed by atoms with Crippen LogP contribution in [0.5, 0.6) is 0 Å². The molecule has 1 aromatic carbocycles. The van der Waals surface area contributed by atoms with Crippen LogP contribution in [0.1, 0.15) is 42.7 Å². The molecule has 1 heterocycles. The second-order valence-electron chi connectivity index (χ2n) is 5.80. The van der Waals surface area contributed by atoms with Crippen LogP contribution in [0.4, 0.5) is 24.7 Å². The molecule has 2 rings (SSSR count). The molecular weight excluding hydrogens is 345 g/mol. The molecule has 1 amide bonds. The number of anilines is 2. The van der Waals surface area contributed by atoms with E-state index >= 15 is 0 Å². The number of hydrogen-bond acceptors (Lipinski definition) is 4. The maximum absolute atomic E-state index is 12.6. The van der Waals surface area contributed by atoms with Crippen molar-refractivity contribution in [3.8, 4) is 0 Å². The quantitative estimate of drug-likeness (QED) is 0.784. The monoisotopic (exact) mass is 366 g/mol. The highest BCUT2D eigenvalue weighted by atomic mass is 19.4. The van der Waals surface area contributed by atoms with Crippen molar-refractivity contribution in [3.63, 3.8) is 0 Å². The van der Waals surface area contributed by atoms with Crippen molar-refractivity contribution >= 4 is 17.4 Å². The molecule has 1 N–H and O–H groups in total. The fourth-order valence-electron chi connectivity index (χ4n) is 2.42. The van der Waals surface area contributed by atoms with Gasteiger partial charge >= 0.3 is 6.18 Å². The lowest BCUT2D eigenvalue weighted by Crippen LogP contribution is -2.33. The highest BCUT2D eigenvalue weighted by Crippen LogP contribution is 2.30. The number of carbonyl (C=O) groups is 1. The Morgan fingerprint density at radius 1 is 1.00 bits per heavy atom. The standard InChI is InChI=1S/C18H21F3N4O/c1-3-11-25(12-4-2)17(26)15-9-10-16(24-23-15)22-14-7-5-13(6-8-14)18(19,20)21/h5-10H,3-4,11-12H2,1-2H3,(H,22,24). The van der Waals surface area contributed by atoms with E-state index in [1.165, 1.54) is 12.1 Å². The van der Waals surface area contributed by atoms with Crippen molar-refractivity contribution in [1.29, 1.82) is 0 Å². The molecule has 0 saturated heterocycles. The summed E-state index contributed by atoms with van der Waals surface area (Å²) in [6.45, 7) is 5.30. The van der Waals surface area contributed by atoms with Crippen LogP contribution in [0.25, 0.3) is 0 Å². The van der Waals surface area contributed by atoms with Crippen LogP contribution in [-0.4, -0.2) is 34.1 Å². The number of amides is 1. The Balaban J connectivity index is 2.06. The number of benzene rings is 1. The van der Waals surface area contributed by atoms with E-state index in [1.54, 1.807) is 17.0 Å². The summed E-state index contributed by atoms with van der Waals surface area (Å²) in [6, 6.07) is 7.73. The summed E-state index contributed by atoms with van der Waals surface area (Å²) in [7, 11) is 0. The Morgan fingerprint density at radius 2 is 1.62 bits per heavy atom. The maximum Gasteiger partial charge on any atom is 0.416 e. The van der Waals surface area contributed by atoms with Crippen LogP contribution < -0.4 is 5.32 Å². The van der Waals surface area contributed by atoms with Crippen LogP contribution >= 0.6 is 0 Å². The zero-order valence-corrected chi connectivity index (χ0v) is 14.7. The molecule has 0 aliphatic rings. The van der Waals surface area contributed by atoms with Crippen LogP contribution in [-0.2, 0) is 6.18 Å². The summed E-state index contributed by atoms with van der Waals surface area (Å²) in [6.07, 6.45) is -2.66. The second kappa shape index (κ2) is 8.64. The summed E-state index contributed by atoms with van der Waals surface area (Å²) < 4.78 is 37.7. The Kier molecular flexibility index (Phi) is 6.54. The summed E-state index contributed by atoms with van der Waals surface area (Å²) in [5.41, 5.74) is -0.0307. The fourth-order valence-corrected chi connectivity index (χ4v) is 2.42. The molecule has 0 aliphatic heterocycles. The molecular formula is C18H21F3N4O. The zero-order valence-electron chi connectivity index (χ0n) is 14.7. The van der Waals surface area contributed by atoms with Crippen molar-refractivity contribution in [2.75, 3.05) is 18.4 Å². The molecule has 0 radical (unpaired) electrons. The third-order valence-corrected chi connectivity index (χ3v) is 3.64. The summed E-state index contributed by atoms with van der Waals surface area (Å²) >= 11 is 0. The van der Waals surface area contributed by atoms with Gasteiger partial charge in [0.1, 0.15) is 0 Å². The van der Waals surface area contributed by atoms with Gasteiger partial charge in [0, 0.05) is 18.8 Å². The molecule has 8 heteroatoms. The van der Waals surface area contributed by atoms with E-state index in [2.05, 4.69) is 15.5 Å². The average molecular weight is 366 g/mol. The van der Waals surface area contributed by atoms with Crippen LogP contribution in [0.2, 0.25) is 0 Å². The van der Waals surface area contributed by atoms with Gasteiger partial charge in [0.25, 0.3) is 5.91 Å². The van der Waals surface area contributed by atoms with E-state index in [1.807, 2.05) is 13.8 Å². The van der Waals surface area contributed by atoms with E-state index in [-0.39, 0.29) is 11.6 Å². The van der Waals surface area contributed by atoms with Gasteiger partial charge in [-0.1, -0.05) is 13.8 Å². The van der Waals surface area contributed by atoms with E-state index in [0.29, 0.717) is 24.6 Å².